The maximum absolute atomic E-state index is 10.9. The van der Waals surface area contributed by atoms with Crippen molar-refractivity contribution < 1.29 is 14.7 Å². The molecule has 5 nitrogen and oxygen atoms in total. The monoisotopic (exact) mass is 186 g/mol. The standard InChI is InChI=1S/C8H14N2O3/c11-7-1-4-10(5-2-7)6-3-9-8(12)13/h9H,1-6H2,(H,12,13). The van der Waals surface area contributed by atoms with Crippen LogP contribution in [-0.4, -0.2) is 48.1 Å². The van der Waals surface area contributed by atoms with E-state index in [1.165, 1.54) is 0 Å². The first-order valence-corrected chi connectivity index (χ1v) is 4.39. The Balaban J connectivity index is 2.09. The number of ketones is 1. The Kier molecular flexibility index (Phi) is 3.70. The van der Waals surface area contributed by atoms with E-state index in [2.05, 4.69) is 10.2 Å². The van der Waals surface area contributed by atoms with Gasteiger partial charge in [-0.3, -0.25) is 4.79 Å². The van der Waals surface area contributed by atoms with Gasteiger partial charge in [-0.2, -0.15) is 0 Å². The lowest BCUT2D eigenvalue weighted by molar-refractivity contribution is -0.121. The number of hydrogen-bond donors (Lipinski definition) is 2. The first kappa shape index (κ1) is 9.98. The van der Waals surface area contributed by atoms with Crippen LogP contribution in [0.25, 0.3) is 0 Å². The Labute approximate surface area is 76.7 Å². The van der Waals surface area contributed by atoms with Gasteiger partial charge in [0.2, 0.25) is 0 Å². The number of carbonyl (C=O) groups excluding carboxylic acids is 1. The number of rotatable bonds is 3. The molecule has 0 aromatic heterocycles. The molecular formula is C8H14N2O3. The fourth-order valence-corrected chi connectivity index (χ4v) is 1.35. The predicted molar refractivity (Wildman–Crippen MR) is 46.7 cm³/mol. The van der Waals surface area contributed by atoms with Gasteiger partial charge < -0.3 is 15.3 Å². The van der Waals surface area contributed by atoms with E-state index < -0.39 is 6.09 Å². The van der Waals surface area contributed by atoms with Gasteiger partial charge in [0.25, 0.3) is 0 Å². The van der Waals surface area contributed by atoms with Crippen molar-refractivity contribution in [3.8, 4) is 0 Å². The third-order valence-electron chi connectivity index (χ3n) is 2.12. The zero-order valence-electron chi connectivity index (χ0n) is 7.45. The van der Waals surface area contributed by atoms with Crippen LogP contribution in [0.4, 0.5) is 4.79 Å². The Morgan fingerprint density at radius 3 is 2.62 bits per heavy atom. The molecule has 5 heteroatoms. The van der Waals surface area contributed by atoms with Crippen LogP contribution < -0.4 is 5.32 Å². The molecule has 0 aromatic carbocycles. The van der Waals surface area contributed by atoms with Crippen LogP contribution in [0.5, 0.6) is 0 Å². The molecule has 0 atom stereocenters. The smallest absolute Gasteiger partial charge is 0.404 e. The maximum atomic E-state index is 10.9. The van der Waals surface area contributed by atoms with Crippen LogP contribution in [0.15, 0.2) is 0 Å². The number of likely N-dealkylation sites (tertiary alicyclic amines) is 1. The van der Waals surface area contributed by atoms with E-state index >= 15 is 0 Å². The maximum Gasteiger partial charge on any atom is 0.404 e. The highest BCUT2D eigenvalue weighted by Gasteiger charge is 2.15. The van der Waals surface area contributed by atoms with Crippen LogP contribution in [0.1, 0.15) is 12.8 Å². The average Bonchev–Trinajstić information content (AvgIpc) is 2.08. The van der Waals surface area contributed by atoms with Gasteiger partial charge in [-0.05, 0) is 0 Å². The summed E-state index contributed by atoms with van der Waals surface area (Å²) in [7, 11) is 0. The van der Waals surface area contributed by atoms with Crippen molar-refractivity contribution in [2.75, 3.05) is 26.2 Å². The number of carboxylic acid groups (broad SMARTS) is 1. The minimum Gasteiger partial charge on any atom is -0.465 e. The summed E-state index contributed by atoms with van der Waals surface area (Å²) in [6.07, 6.45) is 0.216. The van der Waals surface area contributed by atoms with Crippen LogP contribution in [0.3, 0.4) is 0 Å². The first-order chi connectivity index (χ1) is 6.18. The number of carbonyl (C=O) groups is 2. The molecule has 0 radical (unpaired) electrons. The lowest BCUT2D eigenvalue weighted by atomic mass is 10.1. The van der Waals surface area contributed by atoms with Crippen molar-refractivity contribution in [3.05, 3.63) is 0 Å². The van der Waals surface area contributed by atoms with Gasteiger partial charge in [0.05, 0.1) is 0 Å². The molecule has 0 aliphatic carbocycles. The van der Waals surface area contributed by atoms with Gasteiger partial charge in [-0.1, -0.05) is 0 Å². The van der Waals surface area contributed by atoms with Crippen LogP contribution >= 0.6 is 0 Å². The first-order valence-electron chi connectivity index (χ1n) is 4.39. The molecule has 1 aliphatic heterocycles. The second-order valence-corrected chi connectivity index (χ2v) is 3.11. The Morgan fingerprint density at radius 2 is 2.08 bits per heavy atom. The van der Waals surface area contributed by atoms with Crippen LogP contribution in [0, 0.1) is 0 Å². The molecule has 1 fully saturated rings. The molecule has 0 unspecified atom stereocenters. The van der Waals surface area contributed by atoms with E-state index in [1.54, 1.807) is 0 Å². The van der Waals surface area contributed by atoms with E-state index in [-0.39, 0.29) is 0 Å². The second-order valence-electron chi connectivity index (χ2n) is 3.11. The van der Waals surface area contributed by atoms with E-state index in [0.717, 1.165) is 13.1 Å². The van der Waals surface area contributed by atoms with Gasteiger partial charge in [-0.15, -0.1) is 0 Å². The lowest BCUT2D eigenvalue weighted by Crippen LogP contribution is -2.39. The minimum atomic E-state index is -0.993. The van der Waals surface area contributed by atoms with Gasteiger partial charge in [0, 0.05) is 39.0 Å². The summed E-state index contributed by atoms with van der Waals surface area (Å²) >= 11 is 0. The highest BCUT2D eigenvalue weighted by molar-refractivity contribution is 5.79. The molecule has 1 amide bonds. The average molecular weight is 186 g/mol. The van der Waals surface area contributed by atoms with E-state index in [9.17, 15) is 9.59 Å². The fourth-order valence-electron chi connectivity index (χ4n) is 1.35. The fraction of sp³-hybridized carbons (Fsp3) is 0.750. The van der Waals surface area contributed by atoms with Gasteiger partial charge in [0.15, 0.2) is 0 Å². The van der Waals surface area contributed by atoms with Crippen molar-refractivity contribution >= 4 is 11.9 Å². The summed E-state index contributed by atoms with van der Waals surface area (Å²) in [4.78, 5) is 23.1. The molecule has 1 rings (SSSR count). The molecule has 74 valence electrons. The molecule has 1 heterocycles. The summed E-state index contributed by atoms with van der Waals surface area (Å²) in [6, 6.07) is 0. The third-order valence-corrected chi connectivity index (χ3v) is 2.12. The van der Waals surface area contributed by atoms with Crippen LogP contribution in [-0.2, 0) is 4.79 Å². The van der Waals surface area contributed by atoms with E-state index in [0.29, 0.717) is 31.7 Å². The summed E-state index contributed by atoms with van der Waals surface area (Å²) in [6.45, 7) is 2.66. The largest absolute Gasteiger partial charge is 0.465 e. The molecule has 1 aliphatic rings. The molecule has 0 aromatic rings. The molecule has 13 heavy (non-hydrogen) atoms. The molecular weight excluding hydrogens is 172 g/mol. The quantitative estimate of drug-likeness (QED) is 0.646. The minimum absolute atomic E-state index is 0.308. The SMILES string of the molecule is O=C1CCN(CCNC(=O)O)CC1. The molecule has 2 N–H and O–H groups in total. The van der Waals surface area contributed by atoms with Gasteiger partial charge in [-0.25, -0.2) is 4.79 Å². The summed E-state index contributed by atoms with van der Waals surface area (Å²) in [5, 5.41) is 10.6. The zero-order valence-corrected chi connectivity index (χ0v) is 7.45. The third kappa shape index (κ3) is 3.89. The molecule has 0 spiro atoms. The zero-order chi connectivity index (χ0) is 9.68. The van der Waals surface area contributed by atoms with Crippen molar-refractivity contribution in [3.63, 3.8) is 0 Å². The number of nitrogens with zero attached hydrogens (tertiary/aromatic N) is 1. The van der Waals surface area contributed by atoms with Gasteiger partial charge in [0.1, 0.15) is 5.78 Å². The number of piperidine rings is 1. The second kappa shape index (κ2) is 4.81. The Hall–Kier alpha value is -1.10. The van der Waals surface area contributed by atoms with E-state index in [1.807, 2.05) is 0 Å². The Morgan fingerprint density at radius 1 is 1.46 bits per heavy atom. The number of Topliss-reactive ketones (excluding diaryl/α,β-unsaturated/α-hetero) is 1. The summed E-state index contributed by atoms with van der Waals surface area (Å²) in [5.74, 6) is 0.308. The topological polar surface area (TPSA) is 69.6 Å². The highest BCUT2D eigenvalue weighted by Crippen LogP contribution is 2.03. The van der Waals surface area contributed by atoms with Crippen LogP contribution in [0.2, 0.25) is 0 Å². The van der Waals surface area contributed by atoms with Crippen molar-refractivity contribution in [2.24, 2.45) is 0 Å². The number of nitrogens with one attached hydrogen (secondary N) is 1. The predicted octanol–water partition coefficient (Wildman–Crippen LogP) is -0.0811. The normalized spacial score (nSPS) is 18.6. The Bertz CT molecular complexity index is 196. The lowest BCUT2D eigenvalue weighted by Gasteiger charge is -2.25. The van der Waals surface area contributed by atoms with Crippen molar-refractivity contribution in [1.82, 2.24) is 10.2 Å². The molecule has 0 saturated carbocycles. The molecule has 1 saturated heterocycles. The van der Waals surface area contributed by atoms with E-state index in [4.69, 9.17) is 5.11 Å². The van der Waals surface area contributed by atoms with Gasteiger partial charge >= 0.3 is 6.09 Å². The number of amides is 1. The highest BCUT2D eigenvalue weighted by atomic mass is 16.4. The number of hydrogen-bond acceptors (Lipinski definition) is 3. The summed E-state index contributed by atoms with van der Waals surface area (Å²) in [5.41, 5.74) is 0. The van der Waals surface area contributed by atoms with Crippen molar-refractivity contribution in [2.45, 2.75) is 12.8 Å². The summed E-state index contributed by atoms with van der Waals surface area (Å²) < 4.78 is 0. The van der Waals surface area contributed by atoms with Crippen molar-refractivity contribution in [1.29, 1.82) is 0 Å². The molecule has 0 bridgehead atoms.